The summed E-state index contributed by atoms with van der Waals surface area (Å²) in [5.74, 6) is 0.983. The summed E-state index contributed by atoms with van der Waals surface area (Å²) >= 11 is 0. The van der Waals surface area contributed by atoms with Gasteiger partial charge in [0.15, 0.2) is 0 Å². The van der Waals surface area contributed by atoms with Gasteiger partial charge in [0.25, 0.3) is 5.91 Å². The number of carbonyl (C=O) groups excluding carboxylic acids is 3. The third kappa shape index (κ3) is 5.21. The SMILES string of the molecule is COc1ccc(CN2C(=O)N(CC3CCC3)C3(CC(COC(=O)NC(C)(C)C)(c4ccccc4)C3)C2=O)cc1. The van der Waals surface area contributed by atoms with Gasteiger partial charge in [-0.15, -0.1) is 0 Å². The van der Waals surface area contributed by atoms with E-state index >= 15 is 0 Å². The first-order valence-electron chi connectivity index (χ1n) is 13.8. The highest BCUT2D eigenvalue weighted by atomic mass is 16.5. The number of ether oxygens (including phenoxy) is 2. The van der Waals surface area contributed by atoms with Crippen LogP contribution in [0.15, 0.2) is 54.6 Å². The Hall–Kier alpha value is -3.55. The Morgan fingerprint density at radius 3 is 2.26 bits per heavy atom. The second kappa shape index (κ2) is 10.2. The van der Waals surface area contributed by atoms with Gasteiger partial charge >= 0.3 is 12.1 Å². The lowest BCUT2D eigenvalue weighted by atomic mass is 9.54. The van der Waals surface area contributed by atoms with Crippen molar-refractivity contribution in [2.75, 3.05) is 20.3 Å². The summed E-state index contributed by atoms with van der Waals surface area (Å²) < 4.78 is 11.0. The maximum atomic E-state index is 14.1. The maximum Gasteiger partial charge on any atom is 0.407 e. The summed E-state index contributed by atoms with van der Waals surface area (Å²) in [7, 11) is 1.61. The number of alkyl carbamates (subject to hydrolysis) is 1. The molecule has 0 unspecified atom stereocenters. The van der Waals surface area contributed by atoms with Crippen LogP contribution < -0.4 is 10.1 Å². The van der Waals surface area contributed by atoms with Crippen LogP contribution >= 0.6 is 0 Å². The molecule has 2 aromatic rings. The van der Waals surface area contributed by atoms with Gasteiger partial charge in [-0.1, -0.05) is 48.9 Å². The first-order valence-corrected chi connectivity index (χ1v) is 13.8. The Balaban J connectivity index is 1.41. The molecule has 1 saturated heterocycles. The van der Waals surface area contributed by atoms with Crippen LogP contribution in [0.5, 0.6) is 5.75 Å². The summed E-state index contributed by atoms with van der Waals surface area (Å²) in [6, 6.07) is 17.1. The maximum absolute atomic E-state index is 14.1. The van der Waals surface area contributed by atoms with E-state index in [-0.39, 0.29) is 25.1 Å². The number of methoxy groups -OCH3 is 1. The predicted molar refractivity (Wildman–Crippen MR) is 147 cm³/mol. The van der Waals surface area contributed by atoms with Gasteiger partial charge in [0, 0.05) is 17.5 Å². The van der Waals surface area contributed by atoms with E-state index in [2.05, 4.69) is 5.32 Å². The van der Waals surface area contributed by atoms with Gasteiger partial charge in [0.1, 0.15) is 17.9 Å². The van der Waals surface area contributed by atoms with E-state index in [9.17, 15) is 14.4 Å². The highest BCUT2D eigenvalue weighted by molar-refractivity contribution is 6.08. The minimum absolute atomic E-state index is 0.137. The zero-order valence-corrected chi connectivity index (χ0v) is 23.4. The smallest absolute Gasteiger partial charge is 0.407 e. The first-order chi connectivity index (χ1) is 18.6. The van der Waals surface area contributed by atoms with Crippen LogP contribution in [-0.4, -0.2) is 59.2 Å². The van der Waals surface area contributed by atoms with Crippen LogP contribution in [0.1, 0.15) is 64.0 Å². The third-order valence-corrected chi connectivity index (χ3v) is 8.39. The molecule has 3 fully saturated rings. The molecule has 0 aromatic heterocycles. The predicted octanol–water partition coefficient (Wildman–Crippen LogP) is 5.25. The highest BCUT2D eigenvalue weighted by Gasteiger charge is 2.69. The zero-order chi connectivity index (χ0) is 27.8. The third-order valence-electron chi connectivity index (χ3n) is 8.39. The number of amides is 4. The highest BCUT2D eigenvalue weighted by Crippen LogP contribution is 2.57. The van der Waals surface area contributed by atoms with E-state index in [1.54, 1.807) is 7.11 Å². The molecular weight excluding hydrogens is 494 g/mol. The molecule has 4 amide bonds. The Kier molecular flexibility index (Phi) is 7.08. The monoisotopic (exact) mass is 533 g/mol. The van der Waals surface area contributed by atoms with Gasteiger partial charge in [-0.3, -0.25) is 9.69 Å². The van der Waals surface area contributed by atoms with E-state index in [0.717, 1.165) is 36.1 Å². The van der Waals surface area contributed by atoms with Crippen LogP contribution in [0.25, 0.3) is 0 Å². The molecule has 5 rings (SSSR count). The van der Waals surface area contributed by atoms with Gasteiger partial charge in [-0.2, -0.15) is 0 Å². The van der Waals surface area contributed by atoms with E-state index < -0.39 is 22.6 Å². The second-order valence-corrected chi connectivity index (χ2v) is 12.4. The average molecular weight is 534 g/mol. The molecule has 208 valence electrons. The van der Waals surface area contributed by atoms with Crippen LogP contribution in [-0.2, 0) is 21.5 Å². The van der Waals surface area contributed by atoms with Crippen molar-refractivity contribution in [1.82, 2.24) is 15.1 Å². The largest absolute Gasteiger partial charge is 0.497 e. The number of hydrogen-bond donors (Lipinski definition) is 1. The molecule has 8 heteroatoms. The van der Waals surface area contributed by atoms with Crippen LogP contribution in [0.3, 0.4) is 0 Å². The van der Waals surface area contributed by atoms with Gasteiger partial charge in [-0.05, 0) is 75.6 Å². The van der Waals surface area contributed by atoms with Crippen molar-refractivity contribution in [3.8, 4) is 5.75 Å². The van der Waals surface area contributed by atoms with E-state index in [0.29, 0.717) is 25.3 Å². The van der Waals surface area contributed by atoms with Crippen LogP contribution in [0, 0.1) is 5.92 Å². The fourth-order valence-electron chi connectivity index (χ4n) is 6.16. The van der Waals surface area contributed by atoms with Crippen molar-refractivity contribution < 1.29 is 23.9 Å². The molecule has 2 saturated carbocycles. The van der Waals surface area contributed by atoms with Crippen LogP contribution in [0.4, 0.5) is 9.59 Å². The normalized spacial score (nSPS) is 24.9. The summed E-state index contributed by atoms with van der Waals surface area (Å²) in [4.78, 5) is 43.7. The number of carbonyl (C=O) groups is 3. The number of urea groups is 1. The minimum atomic E-state index is -0.932. The molecule has 8 nitrogen and oxygen atoms in total. The van der Waals surface area contributed by atoms with Crippen molar-refractivity contribution >= 4 is 18.0 Å². The van der Waals surface area contributed by atoms with E-state index in [1.807, 2.05) is 80.3 Å². The van der Waals surface area contributed by atoms with Gasteiger partial charge in [-0.25, -0.2) is 9.59 Å². The Bertz CT molecular complexity index is 1210. The zero-order valence-electron chi connectivity index (χ0n) is 23.4. The van der Waals surface area contributed by atoms with E-state index in [4.69, 9.17) is 9.47 Å². The number of rotatable bonds is 8. The molecule has 1 aliphatic heterocycles. The van der Waals surface area contributed by atoms with Crippen molar-refractivity contribution in [2.24, 2.45) is 5.92 Å². The second-order valence-electron chi connectivity index (χ2n) is 12.4. The average Bonchev–Trinajstić information content (AvgIpc) is 3.05. The quantitative estimate of drug-likeness (QED) is 0.468. The number of benzene rings is 2. The summed E-state index contributed by atoms with van der Waals surface area (Å²) in [6.45, 7) is 6.64. The van der Waals surface area contributed by atoms with Gasteiger partial charge < -0.3 is 19.7 Å². The molecule has 39 heavy (non-hydrogen) atoms. The molecular formula is C31H39N3O5. The van der Waals surface area contributed by atoms with Crippen molar-refractivity contribution in [3.63, 3.8) is 0 Å². The Morgan fingerprint density at radius 1 is 1.03 bits per heavy atom. The fourth-order valence-corrected chi connectivity index (χ4v) is 6.16. The molecule has 2 aromatic carbocycles. The molecule has 0 bridgehead atoms. The summed E-state index contributed by atoms with van der Waals surface area (Å²) in [5.41, 5.74) is -0.0301. The lowest BCUT2D eigenvalue weighted by Gasteiger charge is -2.56. The fraction of sp³-hybridized carbons (Fsp3) is 0.516. The first kappa shape index (κ1) is 27.0. The molecule has 1 N–H and O–H groups in total. The molecule has 0 radical (unpaired) electrons. The Morgan fingerprint density at radius 2 is 1.69 bits per heavy atom. The molecule has 1 heterocycles. The van der Waals surface area contributed by atoms with Gasteiger partial charge in [0.2, 0.25) is 0 Å². The lowest BCUT2D eigenvalue weighted by molar-refractivity contribution is -0.144. The van der Waals surface area contributed by atoms with Crippen molar-refractivity contribution in [1.29, 1.82) is 0 Å². The van der Waals surface area contributed by atoms with Crippen LogP contribution in [0.2, 0.25) is 0 Å². The molecule has 3 aliphatic rings. The number of imide groups is 1. The summed E-state index contributed by atoms with van der Waals surface area (Å²) in [5, 5.41) is 2.85. The number of hydrogen-bond acceptors (Lipinski definition) is 5. The molecule has 2 aliphatic carbocycles. The lowest BCUT2D eigenvalue weighted by Crippen LogP contribution is -2.67. The minimum Gasteiger partial charge on any atom is -0.497 e. The number of nitrogens with one attached hydrogen (secondary N) is 1. The number of nitrogens with zero attached hydrogens (tertiary/aromatic N) is 2. The Labute approximate surface area is 230 Å². The van der Waals surface area contributed by atoms with E-state index in [1.165, 1.54) is 4.90 Å². The standard InChI is InChI=1S/C31H39N3O5/c1-29(2,3)32-27(36)39-21-30(24-11-6-5-7-12-24)19-31(20-30)26(35)33(17-23-13-15-25(38-4)16-14-23)28(37)34(31)18-22-9-8-10-22/h5-7,11-16,22H,8-10,17-21H2,1-4H3,(H,32,36). The molecule has 1 spiro atoms. The van der Waals surface area contributed by atoms with Gasteiger partial charge in [0.05, 0.1) is 13.7 Å². The topological polar surface area (TPSA) is 88.2 Å². The molecule has 0 atom stereocenters. The van der Waals surface area contributed by atoms with Crippen molar-refractivity contribution in [2.45, 2.75) is 75.9 Å². The van der Waals surface area contributed by atoms with Crippen molar-refractivity contribution in [3.05, 3.63) is 65.7 Å². The summed E-state index contributed by atoms with van der Waals surface area (Å²) in [6.07, 6.45) is 3.67.